The molecule has 3 aromatic rings. The van der Waals surface area contributed by atoms with Crippen molar-refractivity contribution in [3.05, 3.63) is 95.1 Å². The lowest BCUT2D eigenvalue weighted by molar-refractivity contribution is 0.0906. The predicted molar refractivity (Wildman–Crippen MR) is 161 cm³/mol. The topological polar surface area (TPSA) is 94.7 Å². The molecule has 3 aromatic carbocycles. The average Bonchev–Trinajstić information content (AvgIpc) is 3.24. The van der Waals surface area contributed by atoms with Crippen molar-refractivity contribution in [3.8, 4) is 0 Å². The van der Waals surface area contributed by atoms with Gasteiger partial charge in [-0.3, -0.25) is 10.2 Å². The summed E-state index contributed by atoms with van der Waals surface area (Å²) in [4.78, 5) is 18.2. The van der Waals surface area contributed by atoms with E-state index in [1.54, 1.807) is 18.2 Å². The van der Waals surface area contributed by atoms with E-state index < -0.39 is 0 Å². The Bertz CT molecular complexity index is 1350. The summed E-state index contributed by atoms with van der Waals surface area (Å²) >= 11 is 0. The van der Waals surface area contributed by atoms with Crippen molar-refractivity contribution in [2.45, 2.75) is 43.2 Å². The summed E-state index contributed by atoms with van der Waals surface area (Å²) in [5.41, 5.74) is 11.4. The Morgan fingerprint density at radius 3 is 2.30 bits per heavy atom. The second-order valence-electron chi connectivity index (χ2n) is 11.7. The number of hydrogen-bond acceptors (Lipinski definition) is 6. The number of likely N-dealkylation sites (tertiary alicyclic amines) is 1. The van der Waals surface area contributed by atoms with Crippen LogP contribution in [0.5, 0.6) is 0 Å². The molecule has 7 heteroatoms. The summed E-state index contributed by atoms with van der Waals surface area (Å²) in [7, 11) is 2.15. The minimum absolute atomic E-state index is 0.0888. The van der Waals surface area contributed by atoms with E-state index in [0.717, 1.165) is 57.6 Å². The lowest BCUT2D eigenvalue weighted by Crippen LogP contribution is -2.48. The van der Waals surface area contributed by atoms with Gasteiger partial charge >= 0.3 is 0 Å². The zero-order chi connectivity index (χ0) is 27.7. The van der Waals surface area contributed by atoms with E-state index in [4.69, 9.17) is 15.9 Å². The Labute approximate surface area is 236 Å². The average molecular weight is 538 g/mol. The standard InChI is InChI=1S/C33H39N5O2/c1-37-17-15-33(16-18-37,25-5-3-2-4-6-25)22-36-32(39)24-9-14-30(34)29(19-24)31(35)23-7-10-26(11-8-23)38-27-12-13-28(38)21-40-20-27/h2-11,14,19,27-28,35H,12-13,15-18,20-22,34H2,1H3,(H,36,39). The van der Waals surface area contributed by atoms with Crippen molar-refractivity contribution < 1.29 is 9.53 Å². The fourth-order valence-electron chi connectivity index (χ4n) is 6.68. The monoisotopic (exact) mass is 537 g/mol. The van der Waals surface area contributed by atoms with Crippen LogP contribution in [0.3, 0.4) is 0 Å². The normalized spacial score (nSPS) is 22.2. The Morgan fingerprint density at radius 2 is 1.62 bits per heavy atom. The molecule has 0 saturated carbocycles. The number of anilines is 2. The van der Waals surface area contributed by atoms with Gasteiger partial charge in [0.05, 0.1) is 31.0 Å². The molecule has 4 N–H and O–H groups in total. The quantitative estimate of drug-likeness (QED) is 0.306. The lowest BCUT2D eigenvalue weighted by atomic mass is 9.72. The molecule has 3 saturated heterocycles. The van der Waals surface area contributed by atoms with Crippen molar-refractivity contribution >= 4 is 23.0 Å². The molecule has 3 heterocycles. The highest BCUT2D eigenvalue weighted by atomic mass is 16.5. The number of morpholine rings is 1. The molecule has 2 atom stereocenters. The van der Waals surface area contributed by atoms with Crippen LogP contribution in [0.15, 0.2) is 72.8 Å². The number of amides is 1. The molecule has 3 aliphatic heterocycles. The second kappa shape index (κ2) is 11.1. The fraction of sp³-hybridized carbons (Fsp3) is 0.394. The van der Waals surface area contributed by atoms with Crippen molar-refractivity contribution in [1.82, 2.24) is 10.2 Å². The number of rotatable bonds is 7. The third-order valence-corrected chi connectivity index (χ3v) is 9.20. The zero-order valence-electron chi connectivity index (χ0n) is 23.2. The maximum atomic E-state index is 13.4. The van der Waals surface area contributed by atoms with Gasteiger partial charge in [-0.1, -0.05) is 42.5 Å². The molecule has 0 radical (unpaired) electrons. The highest BCUT2D eigenvalue weighted by Crippen LogP contribution is 2.36. The molecule has 3 fully saturated rings. The minimum Gasteiger partial charge on any atom is -0.398 e. The molecule has 0 spiro atoms. The van der Waals surface area contributed by atoms with E-state index in [9.17, 15) is 4.79 Å². The molecule has 2 unspecified atom stereocenters. The Balaban J connectivity index is 1.17. The molecule has 40 heavy (non-hydrogen) atoms. The first-order valence-electron chi connectivity index (χ1n) is 14.4. The number of hydrogen-bond donors (Lipinski definition) is 3. The first kappa shape index (κ1) is 26.5. The first-order valence-corrected chi connectivity index (χ1v) is 14.4. The molecule has 3 aliphatic rings. The van der Waals surface area contributed by atoms with E-state index in [-0.39, 0.29) is 11.3 Å². The number of piperidine rings is 1. The number of carbonyl (C=O) groups excluding carboxylic acids is 1. The predicted octanol–water partition coefficient (Wildman–Crippen LogP) is 4.45. The number of benzene rings is 3. The maximum Gasteiger partial charge on any atom is 0.251 e. The molecule has 208 valence electrons. The molecule has 2 bridgehead atoms. The van der Waals surface area contributed by atoms with E-state index in [1.807, 2.05) is 18.2 Å². The summed E-state index contributed by atoms with van der Waals surface area (Å²) < 4.78 is 5.73. The largest absolute Gasteiger partial charge is 0.398 e. The van der Waals surface area contributed by atoms with Crippen molar-refractivity contribution in [2.75, 3.05) is 50.5 Å². The minimum atomic E-state index is -0.138. The molecule has 7 nitrogen and oxygen atoms in total. The summed E-state index contributed by atoms with van der Waals surface area (Å²) in [5.74, 6) is -0.138. The van der Waals surface area contributed by atoms with E-state index >= 15 is 0 Å². The van der Waals surface area contributed by atoms with Crippen LogP contribution in [0.2, 0.25) is 0 Å². The van der Waals surface area contributed by atoms with E-state index in [2.05, 4.69) is 58.6 Å². The van der Waals surface area contributed by atoms with Crippen LogP contribution in [0.25, 0.3) is 0 Å². The van der Waals surface area contributed by atoms with Crippen LogP contribution in [0.1, 0.15) is 52.7 Å². The number of nitrogens with two attached hydrogens (primary N) is 1. The van der Waals surface area contributed by atoms with Crippen LogP contribution in [0, 0.1) is 5.41 Å². The summed E-state index contributed by atoms with van der Waals surface area (Å²) in [6.45, 7) is 4.14. The van der Waals surface area contributed by atoms with Crippen LogP contribution >= 0.6 is 0 Å². The van der Waals surface area contributed by atoms with Gasteiger partial charge in [-0.05, 0) is 81.7 Å². The number of nitrogen functional groups attached to an aromatic ring is 1. The van der Waals surface area contributed by atoms with Gasteiger partial charge in [0, 0.05) is 40.0 Å². The third-order valence-electron chi connectivity index (χ3n) is 9.20. The van der Waals surface area contributed by atoms with Crippen LogP contribution in [-0.4, -0.2) is 68.5 Å². The van der Waals surface area contributed by atoms with Crippen LogP contribution in [-0.2, 0) is 10.2 Å². The molecule has 0 aliphatic carbocycles. The van der Waals surface area contributed by atoms with Gasteiger partial charge in [-0.15, -0.1) is 0 Å². The van der Waals surface area contributed by atoms with Gasteiger partial charge in [-0.2, -0.15) is 0 Å². The molecule has 6 rings (SSSR count). The van der Waals surface area contributed by atoms with Crippen LogP contribution < -0.4 is 16.0 Å². The number of fused-ring (bicyclic) bond motifs is 2. The molecular formula is C33H39N5O2. The van der Waals surface area contributed by atoms with Gasteiger partial charge < -0.3 is 25.6 Å². The Morgan fingerprint density at radius 1 is 0.975 bits per heavy atom. The van der Waals surface area contributed by atoms with Gasteiger partial charge in [0.1, 0.15) is 0 Å². The Kier molecular flexibility index (Phi) is 7.34. The number of nitrogens with one attached hydrogen (secondary N) is 2. The lowest BCUT2D eigenvalue weighted by Gasteiger charge is -2.41. The molecule has 1 amide bonds. The number of ether oxygens (including phenoxy) is 1. The highest BCUT2D eigenvalue weighted by Gasteiger charge is 2.38. The van der Waals surface area contributed by atoms with Gasteiger partial charge in [0.2, 0.25) is 0 Å². The summed E-state index contributed by atoms with van der Waals surface area (Å²) in [6.07, 6.45) is 4.31. The SMILES string of the molecule is CN1CCC(CNC(=O)c2ccc(N)c(C(=N)c3ccc(N4C5CCC4COC5)cc3)c2)(c2ccccc2)CC1. The summed E-state index contributed by atoms with van der Waals surface area (Å²) in [6, 6.07) is 24.8. The van der Waals surface area contributed by atoms with E-state index in [1.165, 1.54) is 11.3 Å². The van der Waals surface area contributed by atoms with Crippen molar-refractivity contribution in [3.63, 3.8) is 0 Å². The fourth-order valence-corrected chi connectivity index (χ4v) is 6.68. The van der Waals surface area contributed by atoms with Gasteiger partial charge in [0.15, 0.2) is 0 Å². The highest BCUT2D eigenvalue weighted by molar-refractivity contribution is 6.15. The van der Waals surface area contributed by atoms with E-state index in [0.29, 0.717) is 41.2 Å². The smallest absolute Gasteiger partial charge is 0.251 e. The van der Waals surface area contributed by atoms with Crippen molar-refractivity contribution in [2.24, 2.45) is 0 Å². The molecular weight excluding hydrogens is 498 g/mol. The van der Waals surface area contributed by atoms with Crippen molar-refractivity contribution in [1.29, 1.82) is 5.41 Å². The molecule has 0 aromatic heterocycles. The number of carbonyl (C=O) groups is 1. The first-order chi connectivity index (χ1) is 19.4. The number of nitrogens with zero attached hydrogens (tertiary/aromatic N) is 2. The zero-order valence-corrected chi connectivity index (χ0v) is 23.2. The Hall–Kier alpha value is -3.68. The third kappa shape index (κ3) is 5.11. The summed E-state index contributed by atoms with van der Waals surface area (Å²) in [5, 5.41) is 12.2. The van der Waals surface area contributed by atoms with Crippen LogP contribution in [0.4, 0.5) is 11.4 Å². The maximum absolute atomic E-state index is 13.4. The second-order valence-corrected chi connectivity index (χ2v) is 11.7. The van der Waals surface area contributed by atoms with Gasteiger partial charge in [0.25, 0.3) is 5.91 Å². The van der Waals surface area contributed by atoms with Gasteiger partial charge in [-0.25, -0.2) is 0 Å².